The second kappa shape index (κ2) is 8.60. The van der Waals surface area contributed by atoms with E-state index < -0.39 is 54.5 Å². The fourth-order valence-corrected chi connectivity index (χ4v) is 2.26. The third-order valence-corrected chi connectivity index (χ3v) is 3.03. The van der Waals surface area contributed by atoms with Crippen molar-refractivity contribution in [3.05, 3.63) is 0 Å². The van der Waals surface area contributed by atoms with Gasteiger partial charge in [0.2, 0.25) is 0 Å². The zero-order valence-corrected chi connectivity index (χ0v) is 13.8. The van der Waals surface area contributed by atoms with Crippen LogP contribution in [-0.4, -0.2) is 61.1 Å². The van der Waals surface area contributed by atoms with Crippen LogP contribution in [0.1, 0.15) is 27.7 Å². The summed E-state index contributed by atoms with van der Waals surface area (Å²) >= 11 is 0. The predicted octanol–water partition coefficient (Wildman–Crippen LogP) is -0.972. The van der Waals surface area contributed by atoms with Crippen LogP contribution in [0.4, 0.5) is 0 Å². The molecule has 1 aliphatic heterocycles. The first kappa shape index (κ1) is 19.8. The lowest BCUT2D eigenvalue weighted by Gasteiger charge is -2.43. The van der Waals surface area contributed by atoms with E-state index in [4.69, 9.17) is 29.4 Å². The molecule has 136 valence electrons. The van der Waals surface area contributed by atoms with Gasteiger partial charge >= 0.3 is 23.9 Å². The van der Waals surface area contributed by atoms with Crippen LogP contribution in [0.3, 0.4) is 0 Å². The van der Waals surface area contributed by atoms with E-state index in [1.54, 1.807) is 0 Å². The van der Waals surface area contributed by atoms with Gasteiger partial charge in [0.05, 0.1) is 0 Å². The van der Waals surface area contributed by atoms with Crippen LogP contribution in [0.2, 0.25) is 0 Å². The van der Waals surface area contributed by atoms with Crippen LogP contribution in [-0.2, 0) is 42.9 Å². The highest BCUT2D eigenvalue weighted by molar-refractivity contribution is 5.68. The summed E-state index contributed by atoms with van der Waals surface area (Å²) in [6.45, 7) is 4.32. The Balaban J connectivity index is 3.11. The molecule has 0 aromatic rings. The van der Waals surface area contributed by atoms with Crippen LogP contribution in [0.15, 0.2) is 0 Å². The van der Waals surface area contributed by atoms with E-state index in [2.05, 4.69) is 0 Å². The molecule has 2 N–H and O–H groups in total. The quantitative estimate of drug-likeness (QED) is 0.487. The van der Waals surface area contributed by atoms with E-state index in [-0.39, 0.29) is 6.61 Å². The Kier molecular flexibility index (Phi) is 7.11. The number of hydrogen-bond donors (Lipinski definition) is 1. The first-order valence-corrected chi connectivity index (χ1v) is 7.18. The molecule has 1 aliphatic rings. The number of rotatable bonds is 5. The zero-order valence-electron chi connectivity index (χ0n) is 13.8. The maximum atomic E-state index is 11.4. The number of esters is 4. The summed E-state index contributed by atoms with van der Waals surface area (Å²) in [5, 5.41) is 0. The van der Waals surface area contributed by atoms with E-state index in [0.717, 1.165) is 20.8 Å². The van der Waals surface area contributed by atoms with Gasteiger partial charge in [-0.2, -0.15) is 0 Å². The average Bonchev–Trinajstić information content (AvgIpc) is 2.42. The Morgan fingerprint density at radius 3 is 1.71 bits per heavy atom. The predicted molar refractivity (Wildman–Crippen MR) is 76.1 cm³/mol. The van der Waals surface area contributed by atoms with Gasteiger partial charge in [0.1, 0.15) is 18.9 Å². The molecule has 0 aromatic carbocycles. The van der Waals surface area contributed by atoms with Crippen molar-refractivity contribution in [2.75, 3.05) is 6.61 Å². The van der Waals surface area contributed by atoms with Gasteiger partial charge in [0.15, 0.2) is 18.3 Å². The summed E-state index contributed by atoms with van der Waals surface area (Å²) < 4.78 is 25.6. The van der Waals surface area contributed by atoms with Crippen molar-refractivity contribution in [1.29, 1.82) is 0 Å². The third-order valence-electron chi connectivity index (χ3n) is 3.03. The fourth-order valence-electron chi connectivity index (χ4n) is 2.26. The third kappa shape index (κ3) is 5.78. The smallest absolute Gasteiger partial charge is 0.303 e. The van der Waals surface area contributed by atoms with Gasteiger partial charge in [0, 0.05) is 27.7 Å². The van der Waals surface area contributed by atoms with Gasteiger partial charge in [0.25, 0.3) is 0 Å². The number of nitrogens with two attached hydrogens (primary N) is 1. The van der Waals surface area contributed by atoms with Crippen molar-refractivity contribution in [3.63, 3.8) is 0 Å². The SMILES string of the molecule is CC(=O)OC[C@@H]1O[C@H](N)[C@H](OC(C)=O)[C@H](OC(C)=O)[C@@H]1OC(C)=O. The van der Waals surface area contributed by atoms with Gasteiger partial charge in [-0.25, -0.2) is 0 Å². The van der Waals surface area contributed by atoms with Crippen LogP contribution in [0.5, 0.6) is 0 Å². The molecule has 10 nitrogen and oxygen atoms in total. The lowest BCUT2D eigenvalue weighted by Crippen LogP contribution is -2.64. The molecule has 24 heavy (non-hydrogen) atoms. The highest BCUT2D eigenvalue weighted by Gasteiger charge is 2.51. The zero-order chi connectivity index (χ0) is 18.4. The molecule has 0 saturated carbocycles. The van der Waals surface area contributed by atoms with Crippen LogP contribution in [0, 0.1) is 0 Å². The molecule has 0 bridgehead atoms. The van der Waals surface area contributed by atoms with Crippen molar-refractivity contribution in [2.45, 2.75) is 58.3 Å². The number of carbonyl (C=O) groups is 4. The number of carbonyl (C=O) groups excluding carboxylic acids is 4. The Hall–Kier alpha value is -2.20. The van der Waals surface area contributed by atoms with Gasteiger partial charge < -0.3 is 29.4 Å². The Bertz CT molecular complexity index is 506. The summed E-state index contributed by atoms with van der Waals surface area (Å²) in [5.41, 5.74) is 5.81. The molecule has 5 atom stereocenters. The minimum Gasteiger partial charge on any atom is -0.463 e. The van der Waals surface area contributed by atoms with Crippen molar-refractivity contribution >= 4 is 23.9 Å². The number of ether oxygens (including phenoxy) is 5. The van der Waals surface area contributed by atoms with Gasteiger partial charge in [-0.3, -0.25) is 19.2 Å². The second-order valence-corrected chi connectivity index (χ2v) is 5.16. The summed E-state index contributed by atoms with van der Waals surface area (Å²) in [4.78, 5) is 45.0. The first-order valence-electron chi connectivity index (χ1n) is 7.18. The summed E-state index contributed by atoms with van der Waals surface area (Å²) in [7, 11) is 0. The average molecular weight is 347 g/mol. The minimum atomic E-state index is -1.21. The molecule has 0 radical (unpaired) electrons. The van der Waals surface area contributed by atoms with E-state index >= 15 is 0 Å². The van der Waals surface area contributed by atoms with E-state index in [0.29, 0.717) is 0 Å². The molecule has 0 aromatic heterocycles. The first-order chi connectivity index (χ1) is 11.1. The largest absolute Gasteiger partial charge is 0.463 e. The molecule has 1 fully saturated rings. The van der Waals surface area contributed by atoms with Crippen molar-refractivity contribution < 1.29 is 42.9 Å². The minimum absolute atomic E-state index is 0.286. The molecular weight excluding hydrogens is 326 g/mol. The molecule has 0 aliphatic carbocycles. The molecule has 0 spiro atoms. The lowest BCUT2D eigenvalue weighted by atomic mass is 9.97. The highest BCUT2D eigenvalue weighted by atomic mass is 16.7. The van der Waals surface area contributed by atoms with Gasteiger partial charge in [-0.1, -0.05) is 0 Å². The molecule has 0 amide bonds. The molecule has 1 rings (SSSR count). The van der Waals surface area contributed by atoms with Crippen molar-refractivity contribution in [1.82, 2.24) is 0 Å². The van der Waals surface area contributed by atoms with E-state index in [1.165, 1.54) is 6.92 Å². The normalized spacial score (nSPS) is 29.3. The van der Waals surface area contributed by atoms with E-state index in [1.807, 2.05) is 0 Å². The number of hydrogen-bond acceptors (Lipinski definition) is 10. The van der Waals surface area contributed by atoms with Gasteiger partial charge in [-0.05, 0) is 0 Å². The summed E-state index contributed by atoms with van der Waals surface area (Å²) in [6, 6.07) is 0. The monoisotopic (exact) mass is 347 g/mol. The maximum Gasteiger partial charge on any atom is 0.303 e. The lowest BCUT2D eigenvalue weighted by molar-refractivity contribution is -0.251. The second-order valence-electron chi connectivity index (χ2n) is 5.16. The van der Waals surface area contributed by atoms with Gasteiger partial charge in [-0.15, -0.1) is 0 Å². The highest BCUT2D eigenvalue weighted by Crippen LogP contribution is 2.27. The Morgan fingerprint density at radius 2 is 1.25 bits per heavy atom. The molecule has 1 saturated heterocycles. The standard InChI is InChI=1S/C14H21NO9/c1-6(16)20-5-10-11(21-7(2)17)12(22-8(3)18)13(14(15)24-10)23-9(4)19/h10-14H,5,15H2,1-4H3/t10-,11+,12+,13+,14-/m0/s1. The molecular formula is C14H21NO9. The van der Waals surface area contributed by atoms with Crippen LogP contribution < -0.4 is 5.73 Å². The van der Waals surface area contributed by atoms with Crippen LogP contribution >= 0.6 is 0 Å². The Labute approximate surface area is 138 Å². The molecule has 0 unspecified atom stereocenters. The maximum absolute atomic E-state index is 11.4. The Morgan fingerprint density at radius 1 is 0.792 bits per heavy atom. The van der Waals surface area contributed by atoms with Crippen LogP contribution in [0.25, 0.3) is 0 Å². The van der Waals surface area contributed by atoms with Crippen molar-refractivity contribution in [3.8, 4) is 0 Å². The van der Waals surface area contributed by atoms with E-state index in [9.17, 15) is 19.2 Å². The molecule has 10 heteroatoms. The topological polar surface area (TPSA) is 140 Å². The fraction of sp³-hybridized carbons (Fsp3) is 0.714. The summed E-state index contributed by atoms with van der Waals surface area (Å²) in [6.07, 6.45) is -5.74. The summed E-state index contributed by atoms with van der Waals surface area (Å²) in [5.74, 6) is -2.66. The molecule has 1 heterocycles. The van der Waals surface area contributed by atoms with Crippen molar-refractivity contribution in [2.24, 2.45) is 5.73 Å².